The van der Waals surface area contributed by atoms with Crippen LogP contribution in [0.2, 0.25) is 0 Å². The Morgan fingerprint density at radius 2 is 1.74 bits per heavy atom. The number of likely N-dealkylation sites (N-methyl/N-ethyl adjacent to an activating group) is 1. The summed E-state index contributed by atoms with van der Waals surface area (Å²) < 4.78 is 0. The van der Waals surface area contributed by atoms with Crippen LogP contribution in [0.25, 0.3) is 0 Å². The SMILES string of the molecule is Cc1cccc(N(C)C(=O)C(CC(C)C)N2C(=O)C3CC=CCC3C2=O)c1. The third-order valence-corrected chi connectivity index (χ3v) is 5.55. The van der Waals surface area contributed by atoms with Crippen LogP contribution in [0.15, 0.2) is 36.4 Å². The molecule has 2 aliphatic rings. The fraction of sp³-hybridized carbons (Fsp3) is 0.500. The monoisotopic (exact) mass is 368 g/mol. The minimum atomic E-state index is -0.749. The second-order valence-corrected chi connectivity index (χ2v) is 8.08. The Kier molecular flexibility index (Phi) is 5.49. The van der Waals surface area contributed by atoms with Crippen LogP contribution in [-0.2, 0) is 14.4 Å². The normalized spacial score (nSPS) is 22.9. The topological polar surface area (TPSA) is 57.7 Å². The van der Waals surface area contributed by atoms with E-state index in [0.29, 0.717) is 19.3 Å². The van der Waals surface area contributed by atoms with Crippen molar-refractivity contribution in [1.29, 1.82) is 0 Å². The standard InChI is InChI=1S/C22H28N2O3/c1-14(2)12-19(22(27)23(4)16-9-7-8-15(3)13-16)24-20(25)17-10-5-6-11-18(17)21(24)26/h5-9,13-14,17-19H,10-12H2,1-4H3. The van der Waals surface area contributed by atoms with Crippen molar-refractivity contribution in [3.63, 3.8) is 0 Å². The molecule has 1 aromatic rings. The number of rotatable bonds is 5. The third-order valence-electron chi connectivity index (χ3n) is 5.55. The van der Waals surface area contributed by atoms with Crippen molar-refractivity contribution < 1.29 is 14.4 Å². The van der Waals surface area contributed by atoms with E-state index >= 15 is 0 Å². The maximum absolute atomic E-state index is 13.3. The quantitative estimate of drug-likeness (QED) is 0.592. The maximum Gasteiger partial charge on any atom is 0.250 e. The number of amides is 3. The molecule has 0 aromatic heterocycles. The zero-order valence-corrected chi connectivity index (χ0v) is 16.5. The minimum absolute atomic E-state index is 0.186. The predicted octanol–water partition coefficient (Wildman–Crippen LogP) is 3.32. The number of benzene rings is 1. The van der Waals surface area contributed by atoms with E-state index in [-0.39, 0.29) is 35.5 Å². The molecule has 3 atom stereocenters. The zero-order chi connectivity index (χ0) is 19.7. The van der Waals surface area contributed by atoms with Crippen molar-refractivity contribution in [3.8, 4) is 0 Å². The number of anilines is 1. The lowest BCUT2D eigenvalue weighted by molar-refractivity contribution is -0.147. The molecule has 1 heterocycles. The van der Waals surface area contributed by atoms with Gasteiger partial charge in [0.1, 0.15) is 6.04 Å². The fourth-order valence-corrected chi connectivity index (χ4v) is 4.08. The largest absolute Gasteiger partial charge is 0.314 e. The van der Waals surface area contributed by atoms with Gasteiger partial charge in [-0.3, -0.25) is 19.3 Å². The first kappa shape index (κ1) is 19.3. The van der Waals surface area contributed by atoms with Crippen LogP contribution in [0, 0.1) is 24.7 Å². The van der Waals surface area contributed by atoms with E-state index in [1.807, 2.05) is 57.2 Å². The highest BCUT2D eigenvalue weighted by Gasteiger charge is 2.51. The molecule has 27 heavy (non-hydrogen) atoms. The molecular formula is C22H28N2O3. The summed E-state index contributed by atoms with van der Waals surface area (Å²) in [5.41, 5.74) is 1.82. The summed E-state index contributed by atoms with van der Waals surface area (Å²) in [5, 5.41) is 0. The van der Waals surface area contributed by atoms with Crippen LogP contribution in [0.5, 0.6) is 0 Å². The van der Waals surface area contributed by atoms with Crippen molar-refractivity contribution in [1.82, 2.24) is 4.90 Å². The number of hydrogen-bond acceptors (Lipinski definition) is 3. The van der Waals surface area contributed by atoms with Crippen LogP contribution >= 0.6 is 0 Å². The molecular weight excluding hydrogens is 340 g/mol. The van der Waals surface area contributed by atoms with Crippen molar-refractivity contribution in [2.75, 3.05) is 11.9 Å². The smallest absolute Gasteiger partial charge is 0.250 e. The van der Waals surface area contributed by atoms with Crippen molar-refractivity contribution in [2.24, 2.45) is 17.8 Å². The number of hydrogen-bond donors (Lipinski definition) is 0. The fourth-order valence-electron chi connectivity index (χ4n) is 4.08. The molecule has 1 aliphatic heterocycles. The highest BCUT2D eigenvalue weighted by molar-refractivity contribution is 6.10. The number of carbonyl (C=O) groups excluding carboxylic acids is 3. The van der Waals surface area contributed by atoms with Crippen molar-refractivity contribution in [3.05, 3.63) is 42.0 Å². The van der Waals surface area contributed by atoms with Gasteiger partial charge in [-0.2, -0.15) is 0 Å². The molecule has 1 aromatic carbocycles. The number of nitrogens with zero attached hydrogens (tertiary/aromatic N) is 2. The Balaban J connectivity index is 1.91. The number of likely N-dealkylation sites (tertiary alicyclic amines) is 1. The lowest BCUT2D eigenvalue weighted by Crippen LogP contribution is -2.51. The van der Waals surface area contributed by atoms with Gasteiger partial charge in [0.2, 0.25) is 17.7 Å². The van der Waals surface area contributed by atoms with E-state index in [1.54, 1.807) is 11.9 Å². The number of allylic oxidation sites excluding steroid dienone is 2. The molecule has 0 bridgehead atoms. The molecule has 3 rings (SSSR count). The van der Waals surface area contributed by atoms with Gasteiger partial charge in [-0.25, -0.2) is 0 Å². The summed E-state index contributed by atoms with van der Waals surface area (Å²) in [7, 11) is 1.71. The van der Waals surface area contributed by atoms with Crippen LogP contribution in [-0.4, -0.2) is 35.7 Å². The molecule has 1 saturated heterocycles. The number of fused-ring (bicyclic) bond motifs is 1. The van der Waals surface area contributed by atoms with Gasteiger partial charge in [0, 0.05) is 12.7 Å². The second-order valence-electron chi connectivity index (χ2n) is 8.08. The summed E-state index contributed by atoms with van der Waals surface area (Å²) in [4.78, 5) is 42.2. The third kappa shape index (κ3) is 3.68. The first-order valence-corrected chi connectivity index (χ1v) is 9.67. The van der Waals surface area contributed by atoms with E-state index in [2.05, 4.69) is 0 Å². The first-order valence-electron chi connectivity index (χ1n) is 9.67. The van der Waals surface area contributed by atoms with Crippen molar-refractivity contribution in [2.45, 2.75) is 46.1 Å². The Labute approximate surface area is 161 Å². The summed E-state index contributed by atoms with van der Waals surface area (Å²) >= 11 is 0. The van der Waals surface area contributed by atoms with E-state index < -0.39 is 6.04 Å². The predicted molar refractivity (Wildman–Crippen MR) is 105 cm³/mol. The molecule has 0 radical (unpaired) electrons. The van der Waals surface area contributed by atoms with Crippen LogP contribution < -0.4 is 4.90 Å². The molecule has 0 saturated carbocycles. The Bertz CT molecular complexity index is 758. The minimum Gasteiger partial charge on any atom is -0.314 e. The number of imide groups is 1. The van der Waals surface area contributed by atoms with Gasteiger partial charge < -0.3 is 4.90 Å². The Morgan fingerprint density at radius 3 is 2.26 bits per heavy atom. The van der Waals surface area contributed by atoms with Gasteiger partial charge in [-0.1, -0.05) is 38.1 Å². The van der Waals surface area contributed by atoms with Gasteiger partial charge >= 0.3 is 0 Å². The molecule has 3 unspecified atom stereocenters. The highest BCUT2D eigenvalue weighted by atomic mass is 16.2. The second kappa shape index (κ2) is 7.67. The zero-order valence-electron chi connectivity index (χ0n) is 16.5. The molecule has 144 valence electrons. The summed E-state index contributed by atoms with van der Waals surface area (Å²) in [6.07, 6.45) is 5.57. The lowest BCUT2D eigenvalue weighted by atomic mass is 9.85. The summed E-state index contributed by atoms with van der Waals surface area (Å²) in [6.45, 7) is 5.98. The molecule has 0 N–H and O–H groups in total. The van der Waals surface area contributed by atoms with E-state index in [1.165, 1.54) is 4.90 Å². The van der Waals surface area contributed by atoms with Crippen molar-refractivity contribution >= 4 is 23.4 Å². The van der Waals surface area contributed by atoms with E-state index in [0.717, 1.165) is 11.3 Å². The Morgan fingerprint density at radius 1 is 1.15 bits per heavy atom. The van der Waals surface area contributed by atoms with Crippen LogP contribution in [0.4, 0.5) is 5.69 Å². The number of aryl methyl sites for hydroxylation is 1. The lowest BCUT2D eigenvalue weighted by Gasteiger charge is -2.31. The summed E-state index contributed by atoms with van der Waals surface area (Å²) in [5.74, 6) is -1.02. The number of carbonyl (C=O) groups is 3. The molecule has 1 aliphatic carbocycles. The molecule has 0 spiro atoms. The summed E-state index contributed by atoms with van der Waals surface area (Å²) in [6, 6.07) is 6.92. The van der Waals surface area contributed by atoms with E-state index in [9.17, 15) is 14.4 Å². The van der Waals surface area contributed by atoms with Gasteiger partial charge in [-0.05, 0) is 49.8 Å². The van der Waals surface area contributed by atoms with Gasteiger partial charge in [-0.15, -0.1) is 0 Å². The average Bonchev–Trinajstić information content (AvgIpc) is 2.89. The van der Waals surface area contributed by atoms with Crippen LogP contribution in [0.3, 0.4) is 0 Å². The maximum atomic E-state index is 13.3. The molecule has 5 heteroatoms. The van der Waals surface area contributed by atoms with Gasteiger partial charge in [0.25, 0.3) is 0 Å². The molecule has 3 amide bonds. The first-order chi connectivity index (χ1) is 12.8. The van der Waals surface area contributed by atoms with Gasteiger partial charge in [0.15, 0.2) is 0 Å². The Hall–Kier alpha value is -2.43. The van der Waals surface area contributed by atoms with E-state index in [4.69, 9.17) is 0 Å². The molecule has 5 nitrogen and oxygen atoms in total. The van der Waals surface area contributed by atoms with Gasteiger partial charge in [0.05, 0.1) is 11.8 Å². The molecule has 1 fully saturated rings. The van der Waals surface area contributed by atoms with Crippen LogP contribution in [0.1, 0.15) is 38.7 Å². The average molecular weight is 368 g/mol. The highest BCUT2D eigenvalue weighted by Crippen LogP contribution is 2.37.